The summed E-state index contributed by atoms with van der Waals surface area (Å²) >= 11 is 0. The van der Waals surface area contributed by atoms with Gasteiger partial charge < -0.3 is 20.1 Å². The van der Waals surface area contributed by atoms with E-state index in [-0.39, 0.29) is 18.6 Å². The monoisotopic (exact) mass is 320 g/mol. The van der Waals surface area contributed by atoms with E-state index in [2.05, 4.69) is 5.32 Å². The van der Waals surface area contributed by atoms with Gasteiger partial charge in [0, 0.05) is 25.6 Å². The van der Waals surface area contributed by atoms with Gasteiger partial charge >= 0.3 is 12.0 Å². The van der Waals surface area contributed by atoms with Gasteiger partial charge in [0.2, 0.25) is 0 Å². The van der Waals surface area contributed by atoms with Crippen LogP contribution in [0.15, 0.2) is 24.3 Å². The summed E-state index contributed by atoms with van der Waals surface area (Å²) in [7, 11) is 1.61. The Morgan fingerprint density at radius 2 is 2.04 bits per heavy atom. The number of benzene rings is 1. The maximum absolute atomic E-state index is 12.1. The first-order chi connectivity index (χ1) is 10.9. The number of aliphatic carboxylic acids is 1. The number of urea groups is 1. The molecular formula is C17H24N2O4. The molecule has 1 aromatic rings. The highest BCUT2D eigenvalue weighted by Gasteiger charge is 2.40. The molecule has 23 heavy (non-hydrogen) atoms. The van der Waals surface area contributed by atoms with Crippen molar-refractivity contribution in [3.8, 4) is 5.75 Å². The number of nitrogens with zero attached hydrogens (tertiary/aromatic N) is 1. The van der Waals surface area contributed by atoms with Crippen LogP contribution in [-0.2, 0) is 4.79 Å². The number of carbonyl (C=O) groups excluding carboxylic acids is 1. The molecule has 2 rings (SSSR count). The SMILES string of the molecule is CCOc1ccc([C@@H]2C[C@H]2NC(=O)N(C)CC(C)C(=O)O)cc1. The van der Waals surface area contributed by atoms with E-state index in [1.165, 1.54) is 10.5 Å². The Kier molecular flexibility index (Phi) is 5.47. The second-order valence-corrected chi connectivity index (χ2v) is 6.02. The molecular weight excluding hydrogens is 296 g/mol. The number of carboxylic acids is 1. The van der Waals surface area contributed by atoms with Crippen molar-refractivity contribution in [1.29, 1.82) is 0 Å². The molecule has 0 radical (unpaired) electrons. The lowest BCUT2D eigenvalue weighted by Crippen LogP contribution is -2.42. The van der Waals surface area contributed by atoms with Crippen molar-refractivity contribution >= 4 is 12.0 Å². The summed E-state index contributed by atoms with van der Waals surface area (Å²) in [6.45, 7) is 4.37. The Morgan fingerprint density at radius 1 is 1.39 bits per heavy atom. The first-order valence-corrected chi connectivity index (χ1v) is 7.89. The van der Waals surface area contributed by atoms with Crippen molar-refractivity contribution < 1.29 is 19.4 Å². The maximum atomic E-state index is 12.1. The van der Waals surface area contributed by atoms with Crippen molar-refractivity contribution in [2.75, 3.05) is 20.2 Å². The van der Waals surface area contributed by atoms with E-state index < -0.39 is 11.9 Å². The Morgan fingerprint density at radius 3 is 2.61 bits per heavy atom. The van der Waals surface area contributed by atoms with E-state index in [9.17, 15) is 9.59 Å². The summed E-state index contributed by atoms with van der Waals surface area (Å²) in [5.74, 6) is -0.310. The molecule has 3 atom stereocenters. The highest BCUT2D eigenvalue weighted by molar-refractivity contribution is 5.76. The molecule has 0 bridgehead atoms. The highest BCUT2D eigenvalue weighted by atomic mass is 16.5. The minimum atomic E-state index is -0.900. The fourth-order valence-corrected chi connectivity index (χ4v) is 2.54. The molecule has 1 saturated carbocycles. The number of carboxylic acid groups (broad SMARTS) is 1. The van der Waals surface area contributed by atoms with Gasteiger partial charge in [-0.1, -0.05) is 19.1 Å². The lowest BCUT2D eigenvalue weighted by Gasteiger charge is -2.20. The Labute approximate surface area is 136 Å². The Hall–Kier alpha value is -2.24. The third kappa shape index (κ3) is 4.61. The van der Waals surface area contributed by atoms with Crippen molar-refractivity contribution in [3.05, 3.63) is 29.8 Å². The number of rotatable bonds is 7. The van der Waals surface area contributed by atoms with Crippen LogP contribution in [0.25, 0.3) is 0 Å². The fraction of sp³-hybridized carbons (Fsp3) is 0.529. The molecule has 126 valence electrons. The van der Waals surface area contributed by atoms with Gasteiger partial charge in [-0.15, -0.1) is 0 Å². The topological polar surface area (TPSA) is 78.9 Å². The molecule has 0 heterocycles. The van der Waals surface area contributed by atoms with E-state index >= 15 is 0 Å². The quantitative estimate of drug-likeness (QED) is 0.808. The number of amides is 2. The third-order valence-electron chi connectivity index (χ3n) is 4.03. The highest BCUT2D eigenvalue weighted by Crippen LogP contribution is 2.41. The lowest BCUT2D eigenvalue weighted by atomic mass is 10.1. The predicted molar refractivity (Wildman–Crippen MR) is 86.7 cm³/mol. The summed E-state index contributed by atoms with van der Waals surface area (Å²) in [4.78, 5) is 24.3. The lowest BCUT2D eigenvalue weighted by molar-refractivity contribution is -0.141. The van der Waals surface area contributed by atoms with Crippen LogP contribution in [0.2, 0.25) is 0 Å². The first kappa shape index (κ1) is 17.1. The molecule has 1 fully saturated rings. The van der Waals surface area contributed by atoms with Crippen LogP contribution < -0.4 is 10.1 Å². The zero-order valence-corrected chi connectivity index (χ0v) is 13.8. The molecule has 6 heteroatoms. The molecule has 2 N–H and O–H groups in total. The van der Waals surface area contributed by atoms with E-state index in [1.807, 2.05) is 31.2 Å². The average Bonchev–Trinajstić information content (AvgIpc) is 3.27. The van der Waals surface area contributed by atoms with Crippen LogP contribution in [0.3, 0.4) is 0 Å². The van der Waals surface area contributed by atoms with Gasteiger partial charge in [-0.3, -0.25) is 4.79 Å². The zero-order valence-electron chi connectivity index (χ0n) is 13.8. The maximum Gasteiger partial charge on any atom is 0.317 e. The number of hydrogen-bond donors (Lipinski definition) is 2. The molecule has 1 aliphatic carbocycles. The minimum absolute atomic E-state index is 0.114. The van der Waals surface area contributed by atoms with Crippen molar-refractivity contribution in [3.63, 3.8) is 0 Å². The number of nitrogens with one attached hydrogen (secondary N) is 1. The zero-order chi connectivity index (χ0) is 17.0. The van der Waals surface area contributed by atoms with Gasteiger partial charge in [0.25, 0.3) is 0 Å². The van der Waals surface area contributed by atoms with Crippen molar-refractivity contribution in [2.24, 2.45) is 5.92 Å². The number of hydrogen-bond acceptors (Lipinski definition) is 3. The van der Waals surface area contributed by atoms with E-state index in [0.29, 0.717) is 12.5 Å². The van der Waals surface area contributed by atoms with E-state index in [1.54, 1.807) is 14.0 Å². The first-order valence-electron chi connectivity index (χ1n) is 7.89. The van der Waals surface area contributed by atoms with Crippen LogP contribution in [0.5, 0.6) is 5.75 Å². The molecule has 0 aromatic heterocycles. The standard InChI is InChI=1S/C17H24N2O4/c1-4-23-13-7-5-12(6-8-13)14-9-15(14)18-17(22)19(3)10-11(2)16(20)21/h5-8,11,14-15H,4,9-10H2,1-3H3,(H,18,22)(H,20,21)/t11?,14-,15+/m0/s1. The molecule has 0 aliphatic heterocycles. The molecule has 1 aromatic carbocycles. The Balaban J connectivity index is 1.82. The largest absolute Gasteiger partial charge is 0.494 e. The summed E-state index contributed by atoms with van der Waals surface area (Å²) in [5.41, 5.74) is 1.18. The van der Waals surface area contributed by atoms with Crippen LogP contribution in [0.1, 0.15) is 31.7 Å². The average molecular weight is 320 g/mol. The van der Waals surface area contributed by atoms with Gasteiger partial charge in [-0.05, 0) is 31.0 Å². The number of carbonyl (C=O) groups is 2. The molecule has 1 unspecified atom stereocenters. The summed E-state index contributed by atoms with van der Waals surface area (Å²) in [6.07, 6.45) is 0.905. The van der Waals surface area contributed by atoms with Crippen molar-refractivity contribution in [1.82, 2.24) is 10.2 Å². The molecule has 1 aliphatic rings. The van der Waals surface area contributed by atoms with Gasteiger partial charge in [-0.25, -0.2) is 4.79 Å². The third-order valence-corrected chi connectivity index (χ3v) is 4.03. The van der Waals surface area contributed by atoms with Gasteiger partial charge in [-0.2, -0.15) is 0 Å². The fourth-order valence-electron chi connectivity index (χ4n) is 2.54. The molecule has 0 spiro atoms. The van der Waals surface area contributed by atoms with E-state index in [4.69, 9.17) is 9.84 Å². The summed E-state index contributed by atoms with van der Waals surface area (Å²) < 4.78 is 5.42. The van der Waals surface area contributed by atoms with Crippen LogP contribution in [0.4, 0.5) is 4.79 Å². The van der Waals surface area contributed by atoms with Crippen LogP contribution >= 0.6 is 0 Å². The molecule has 6 nitrogen and oxygen atoms in total. The normalized spacial score (nSPS) is 20.5. The van der Waals surface area contributed by atoms with Crippen molar-refractivity contribution in [2.45, 2.75) is 32.2 Å². The predicted octanol–water partition coefficient (Wildman–Crippen LogP) is 2.30. The smallest absolute Gasteiger partial charge is 0.317 e. The van der Waals surface area contributed by atoms with Gasteiger partial charge in [0.15, 0.2) is 0 Å². The van der Waals surface area contributed by atoms with Gasteiger partial charge in [0.1, 0.15) is 5.75 Å². The summed E-state index contributed by atoms with van der Waals surface area (Å²) in [6, 6.07) is 7.82. The second-order valence-electron chi connectivity index (χ2n) is 6.02. The van der Waals surface area contributed by atoms with Crippen LogP contribution in [0, 0.1) is 5.92 Å². The molecule has 2 amide bonds. The second kappa shape index (κ2) is 7.35. The van der Waals surface area contributed by atoms with E-state index in [0.717, 1.165) is 12.2 Å². The van der Waals surface area contributed by atoms with Crippen LogP contribution in [-0.4, -0.2) is 48.2 Å². The van der Waals surface area contributed by atoms with Gasteiger partial charge in [0.05, 0.1) is 12.5 Å². The number of ether oxygens (including phenoxy) is 1. The summed E-state index contributed by atoms with van der Waals surface area (Å²) in [5, 5.41) is 11.8. The Bertz CT molecular complexity index is 558. The molecule has 0 saturated heterocycles. The minimum Gasteiger partial charge on any atom is -0.494 e.